The molecule has 0 aliphatic rings. The van der Waals surface area contributed by atoms with E-state index in [2.05, 4.69) is 12.2 Å². The van der Waals surface area contributed by atoms with E-state index in [4.69, 9.17) is 5.11 Å². The van der Waals surface area contributed by atoms with Gasteiger partial charge in [0, 0.05) is 30.8 Å². The zero-order valence-electron chi connectivity index (χ0n) is 10.8. The molecule has 2 atom stereocenters. The molecular formula is C13H20N2O3. The molecule has 0 bridgehead atoms. The van der Waals surface area contributed by atoms with Crippen LogP contribution in [0.2, 0.25) is 0 Å². The first kappa shape index (κ1) is 14.6. The summed E-state index contributed by atoms with van der Waals surface area (Å²) in [6, 6.07) is 7.03. The average molecular weight is 252 g/mol. The summed E-state index contributed by atoms with van der Waals surface area (Å²) in [7, 11) is 0. The largest absolute Gasteiger partial charge is 0.396 e. The van der Waals surface area contributed by atoms with Crippen LogP contribution in [0.25, 0.3) is 0 Å². The minimum Gasteiger partial charge on any atom is -0.396 e. The number of nitrogens with zero attached hydrogens (tertiary/aromatic N) is 1. The van der Waals surface area contributed by atoms with E-state index in [1.165, 1.54) is 12.1 Å². The maximum atomic E-state index is 10.5. The van der Waals surface area contributed by atoms with Crippen molar-refractivity contribution in [1.82, 2.24) is 5.32 Å². The Balaban J connectivity index is 2.55. The second kappa shape index (κ2) is 7.08. The van der Waals surface area contributed by atoms with Gasteiger partial charge in [-0.05, 0) is 32.3 Å². The highest BCUT2D eigenvalue weighted by molar-refractivity contribution is 5.34. The molecule has 18 heavy (non-hydrogen) atoms. The maximum absolute atomic E-state index is 10.5. The molecule has 0 saturated heterocycles. The molecule has 0 fully saturated rings. The average Bonchev–Trinajstić information content (AvgIpc) is 2.36. The number of aliphatic hydroxyl groups is 1. The summed E-state index contributed by atoms with van der Waals surface area (Å²) in [5.41, 5.74) is 1.13. The maximum Gasteiger partial charge on any atom is 0.269 e. The van der Waals surface area contributed by atoms with Gasteiger partial charge < -0.3 is 10.4 Å². The molecule has 0 amide bonds. The Morgan fingerprint density at radius 3 is 2.44 bits per heavy atom. The summed E-state index contributed by atoms with van der Waals surface area (Å²) in [6.45, 7) is 4.30. The van der Waals surface area contributed by atoms with Crippen molar-refractivity contribution in [3.05, 3.63) is 39.9 Å². The number of nitro benzene ring substituents is 1. The fourth-order valence-corrected chi connectivity index (χ4v) is 1.89. The topological polar surface area (TPSA) is 75.4 Å². The molecule has 5 nitrogen and oxygen atoms in total. The molecule has 0 heterocycles. The van der Waals surface area contributed by atoms with Gasteiger partial charge in [0.1, 0.15) is 0 Å². The van der Waals surface area contributed by atoms with E-state index in [1.807, 2.05) is 6.92 Å². The Labute approximate surface area is 107 Å². The van der Waals surface area contributed by atoms with Gasteiger partial charge in [-0.25, -0.2) is 0 Å². The summed E-state index contributed by atoms with van der Waals surface area (Å²) >= 11 is 0. The van der Waals surface area contributed by atoms with Crippen LogP contribution in [0.1, 0.15) is 38.3 Å². The Kier molecular flexibility index (Phi) is 5.74. The number of rotatable bonds is 7. The third-order valence-electron chi connectivity index (χ3n) is 2.93. The number of hydrogen-bond donors (Lipinski definition) is 2. The summed E-state index contributed by atoms with van der Waals surface area (Å²) in [4.78, 5) is 10.1. The predicted octanol–water partition coefficient (Wildman–Crippen LogP) is 2.41. The molecule has 1 aromatic rings. The fraction of sp³-hybridized carbons (Fsp3) is 0.538. The smallest absolute Gasteiger partial charge is 0.269 e. The molecule has 0 aliphatic carbocycles. The summed E-state index contributed by atoms with van der Waals surface area (Å²) in [5, 5.41) is 22.7. The molecule has 5 heteroatoms. The van der Waals surface area contributed by atoms with Crippen molar-refractivity contribution in [3.63, 3.8) is 0 Å². The van der Waals surface area contributed by atoms with Gasteiger partial charge in [-0.15, -0.1) is 0 Å². The van der Waals surface area contributed by atoms with Crippen molar-refractivity contribution >= 4 is 5.69 Å². The van der Waals surface area contributed by atoms with Crippen molar-refractivity contribution in [2.75, 3.05) is 6.61 Å². The lowest BCUT2D eigenvalue weighted by atomic mass is 10.1. The van der Waals surface area contributed by atoms with E-state index in [-0.39, 0.29) is 18.3 Å². The number of non-ortho nitro benzene ring substituents is 1. The van der Waals surface area contributed by atoms with Crippen LogP contribution >= 0.6 is 0 Å². The second-order valence-electron chi connectivity index (χ2n) is 4.50. The van der Waals surface area contributed by atoms with Crippen LogP contribution < -0.4 is 5.32 Å². The van der Waals surface area contributed by atoms with Gasteiger partial charge >= 0.3 is 0 Å². The van der Waals surface area contributed by atoms with Crippen LogP contribution in [-0.2, 0) is 0 Å². The van der Waals surface area contributed by atoms with Gasteiger partial charge in [-0.2, -0.15) is 0 Å². The lowest BCUT2D eigenvalue weighted by Gasteiger charge is -2.20. The van der Waals surface area contributed by atoms with Gasteiger partial charge in [-0.1, -0.05) is 12.1 Å². The van der Waals surface area contributed by atoms with Crippen molar-refractivity contribution in [2.24, 2.45) is 0 Å². The van der Waals surface area contributed by atoms with E-state index < -0.39 is 4.92 Å². The molecule has 0 spiro atoms. The number of aliphatic hydroxyl groups excluding tert-OH is 1. The lowest BCUT2D eigenvalue weighted by molar-refractivity contribution is -0.384. The molecule has 0 aromatic heterocycles. The van der Waals surface area contributed by atoms with Crippen LogP contribution in [-0.4, -0.2) is 22.7 Å². The first-order valence-corrected chi connectivity index (χ1v) is 6.16. The monoisotopic (exact) mass is 252 g/mol. The van der Waals surface area contributed by atoms with Gasteiger partial charge in [0.25, 0.3) is 5.69 Å². The van der Waals surface area contributed by atoms with Crippen LogP contribution in [0.5, 0.6) is 0 Å². The molecule has 1 rings (SSSR count). The summed E-state index contributed by atoms with van der Waals surface area (Å²) in [5.74, 6) is 0. The van der Waals surface area contributed by atoms with E-state index in [1.54, 1.807) is 12.1 Å². The van der Waals surface area contributed by atoms with Crippen LogP contribution in [0.15, 0.2) is 24.3 Å². The molecular weight excluding hydrogens is 232 g/mol. The summed E-state index contributed by atoms with van der Waals surface area (Å²) in [6.07, 6.45) is 1.69. The first-order chi connectivity index (χ1) is 8.54. The molecule has 0 saturated carbocycles. The van der Waals surface area contributed by atoms with E-state index in [0.29, 0.717) is 6.04 Å². The molecule has 1 aromatic carbocycles. The van der Waals surface area contributed by atoms with E-state index in [9.17, 15) is 10.1 Å². The Morgan fingerprint density at radius 1 is 1.33 bits per heavy atom. The minimum absolute atomic E-state index is 0.110. The zero-order chi connectivity index (χ0) is 13.5. The number of hydrogen-bond acceptors (Lipinski definition) is 4. The molecule has 0 radical (unpaired) electrons. The fourth-order valence-electron chi connectivity index (χ4n) is 1.89. The van der Waals surface area contributed by atoms with Gasteiger partial charge in [-0.3, -0.25) is 10.1 Å². The molecule has 100 valence electrons. The minimum atomic E-state index is -0.397. The van der Waals surface area contributed by atoms with Crippen molar-refractivity contribution in [1.29, 1.82) is 0 Å². The Bertz CT molecular complexity index is 378. The molecule has 0 aliphatic heterocycles. The van der Waals surface area contributed by atoms with E-state index >= 15 is 0 Å². The van der Waals surface area contributed by atoms with Crippen molar-refractivity contribution in [3.8, 4) is 0 Å². The SMILES string of the molecule is CC(CCCO)NC(C)c1ccc([N+](=O)[O-])cc1. The summed E-state index contributed by atoms with van der Waals surface area (Å²) < 4.78 is 0. The number of nitro groups is 1. The van der Waals surface area contributed by atoms with Crippen molar-refractivity contribution in [2.45, 2.75) is 38.8 Å². The van der Waals surface area contributed by atoms with Crippen LogP contribution in [0, 0.1) is 10.1 Å². The highest BCUT2D eigenvalue weighted by atomic mass is 16.6. The quantitative estimate of drug-likeness (QED) is 0.577. The highest BCUT2D eigenvalue weighted by Crippen LogP contribution is 2.18. The van der Waals surface area contributed by atoms with E-state index in [0.717, 1.165) is 18.4 Å². The third kappa shape index (κ3) is 4.43. The first-order valence-electron chi connectivity index (χ1n) is 6.16. The standard InChI is InChI=1S/C13H20N2O3/c1-10(4-3-9-16)14-11(2)12-5-7-13(8-6-12)15(17)18/h5-8,10-11,14,16H,3-4,9H2,1-2H3. The van der Waals surface area contributed by atoms with Gasteiger partial charge in [0.15, 0.2) is 0 Å². The second-order valence-corrected chi connectivity index (χ2v) is 4.50. The van der Waals surface area contributed by atoms with Crippen LogP contribution in [0.4, 0.5) is 5.69 Å². The Hall–Kier alpha value is -1.46. The predicted molar refractivity (Wildman–Crippen MR) is 70.4 cm³/mol. The zero-order valence-corrected chi connectivity index (χ0v) is 10.8. The van der Waals surface area contributed by atoms with Crippen LogP contribution in [0.3, 0.4) is 0 Å². The van der Waals surface area contributed by atoms with Gasteiger partial charge in [0.05, 0.1) is 4.92 Å². The normalized spacial score (nSPS) is 14.2. The van der Waals surface area contributed by atoms with Gasteiger partial charge in [0.2, 0.25) is 0 Å². The van der Waals surface area contributed by atoms with Crippen molar-refractivity contribution < 1.29 is 10.0 Å². The number of benzene rings is 1. The Morgan fingerprint density at radius 2 is 1.94 bits per heavy atom. The lowest BCUT2D eigenvalue weighted by Crippen LogP contribution is -2.29. The third-order valence-corrected chi connectivity index (χ3v) is 2.93. The molecule has 2 N–H and O–H groups in total. The highest BCUT2D eigenvalue weighted by Gasteiger charge is 2.11. The molecule has 2 unspecified atom stereocenters. The number of nitrogens with one attached hydrogen (secondary N) is 1.